The van der Waals surface area contributed by atoms with E-state index in [0.717, 1.165) is 23.6 Å². The van der Waals surface area contributed by atoms with Crippen molar-refractivity contribution in [2.45, 2.75) is 58.1 Å². The molecule has 2 atom stereocenters. The molecule has 1 fully saturated rings. The summed E-state index contributed by atoms with van der Waals surface area (Å²) >= 11 is 0. The maximum Gasteiger partial charge on any atom is 0.494 e. The van der Waals surface area contributed by atoms with Crippen LogP contribution in [0.2, 0.25) is 0 Å². The number of amides is 1. The first-order valence-corrected chi connectivity index (χ1v) is 11.9. The first-order valence-electron chi connectivity index (χ1n) is 11.9. The molecule has 10 heteroatoms. The summed E-state index contributed by atoms with van der Waals surface area (Å²) < 4.78 is 63.4. The van der Waals surface area contributed by atoms with Crippen LogP contribution in [-0.2, 0) is 14.1 Å². The fourth-order valence-corrected chi connectivity index (χ4v) is 4.41. The molecule has 6 nitrogen and oxygen atoms in total. The number of hydrogen-bond donors (Lipinski definition) is 0. The fraction of sp³-hybridized carbons (Fsp3) is 0.500. The van der Waals surface area contributed by atoms with Crippen molar-refractivity contribution in [2.75, 3.05) is 20.2 Å². The minimum atomic E-state index is -4.95. The predicted octanol–water partition coefficient (Wildman–Crippen LogP) is 4.44. The van der Waals surface area contributed by atoms with Gasteiger partial charge in [0.25, 0.3) is 0 Å². The Balaban J connectivity index is 1.58. The lowest BCUT2D eigenvalue weighted by molar-refractivity contribution is -0.185. The van der Waals surface area contributed by atoms with E-state index in [4.69, 9.17) is 18.8 Å². The van der Waals surface area contributed by atoms with Gasteiger partial charge in [0.05, 0.1) is 23.7 Å². The van der Waals surface area contributed by atoms with E-state index in [0.29, 0.717) is 16.4 Å². The molecule has 2 aliphatic heterocycles. The van der Waals surface area contributed by atoms with Gasteiger partial charge in [-0.25, -0.2) is 0 Å². The Morgan fingerprint density at radius 3 is 2.36 bits per heavy atom. The average Bonchev–Trinajstić information content (AvgIpc) is 3.02. The molecule has 2 aromatic rings. The molecule has 0 unspecified atom stereocenters. The van der Waals surface area contributed by atoms with Crippen LogP contribution in [0.1, 0.15) is 44.9 Å². The number of carbonyl (C=O) groups is 1. The standard InChI is InChI=1S/C26H31BF3NO5/c1-16-13-18(27-35-24(2,3)25(4,5)36-27)11-12-20(16)34-22-17(14-31(6)23(32)26(28,29)30)15-33-21-10-8-7-9-19(21)22/h7-13,17,22H,14-15H2,1-6H3/t17-,22-/m1/s1. The van der Waals surface area contributed by atoms with Crippen LogP contribution in [0.25, 0.3) is 0 Å². The number of benzene rings is 2. The van der Waals surface area contributed by atoms with Crippen LogP contribution in [0.5, 0.6) is 11.5 Å². The van der Waals surface area contributed by atoms with Crippen molar-refractivity contribution >= 4 is 18.5 Å². The zero-order valence-electron chi connectivity index (χ0n) is 21.3. The molecule has 36 heavy (non-hydrogen) atoms. The van der Waals surface area contributed by atoms with Crippen LogP contribution < -0.4 is 14.9 Å². The highest BCUT2D eigenvalue weighted by Crippen LogP contribution is 2.40. The normalized spacial score (nSPS) is 22.5. The average molecular weight is 505 g/mol. The first kappa shape index (κ1) is 26.4. The lowest BCUT2D eigenvalue weighted by atomic mass is 9.78. The summed E-state index contributed by atoms with van der Waals surface area (Å²) in [4.78, 5) is 12.4. The van der Waals surface area contributed by atoms with Gasteiger partial charge >= 0.3 is 19.2 Å². The van der Waals surface area contributed by atoms with Crippen LogP contribution in [0.15, 0.2) is 42.5 Å². The molecule has 0 aliphatic carbocycles. The lowest BCUT2D eigenvalue weighted by Crippen LogP contribution is -2.44. The minimum Gasteiger partial charge on any atom is -0.493 e. The summed E-state index contributed by atoms with van der Waals surface area (Å²) in [6.07, 6.45) is -5.56. The van der Waals surface area contributed by atoms with Crippen LogP contribution in [0, 0.1) is 12.8 Å². The van der Waals surface area contributed by atoms with Crippen molar-refractivity contribution < 1.29 is 36.7 Å². The number of rotatable bonds is 5. The highest BCUT2D eigenvalue weighted by Gasteiger charge is 2.51. The second kappa shape index (κ2) is 9.30. The molecular weight excluding hydrogens is 474 g/mol. The second-order valence-electron chi connectivity index (χ2n) is 10.4. The maximum atomic E-state index is 13.0. The van der Waals surface area contributed by atoms with Crippen molar-refractivity contribution in [3.63, 3.8) is 0 Å². The zero-order chi connectivity index (χ0) is 26.5. The third kappa shape index (κ3) is 5.06. The summed E-state index contributed by atoms with van der Waals surface area (Å²) in [6.45, 7) is 9.77. The van der Waals surface area contributed by atoms with Gasteiger partial charge in [-0.1, -0.05) is 30.3 Å². The van der Waals surface area contributed by atoms with Gasteiger partial charge in [0, 0.05) is 19.2 Å². The van der Waals surface area contributed by atoms with Gasteiger partial charge < -0.3 is 23.7 Å². The van der Waals surface area contributed by atoms with Gasteiger partial charge in [0.15, 0.2) is 0 Å². The Morgan fingerprint density at radius 2 is 1.75 bits per heavy atom. The number of nitrogens with zero attached hydrogens (tertiary/aromatic N) is 1. The number of ether oxygens (including phenoxy) is 2. The van der Waals surface area contributed by atoms with Gasteiger partial charge in [-0.05, 0) is 57.8 Å². The molecule has 2 aromatic carbocycles. The predicted molar refractivity (Wildman–Crippen MR) is 129 cm³/mol. The monoisotopic (exact) mass is 505 g/mol. The summed E-state index contributed by atoms with van der Waals surface area (Å²) in [7, 11) is 0.610. The maximum absolute atomic E-state index is 13.0. The molecule has 1 saturated heterocycles. The molecule has 2 heterocycles. The highest BCUT2D eigenvalue weighted by atomic mass is 19.4. The number of alkyl halides is 3. The van der Waals surface area contributed by atoms with E-state index in [-0.39, 0.29) is 13.2 Å². The second-order valence-corrected chi connectivity index (χ2v) is 10.4. The van der Waals surface area contributed by atoms with Gasteiger partial charge in [0.1, 0.15) is 17.6 Å². The first-order chi connectivity index (χ1) is 16.7. The molecule has 0 radical (unpaired) electrons. The Bertz CT molecular complexity index is 1120. The molecule has 0 aromatic heterocycles. The van der Waals surface area contributed by atoms with E-state index in [1.54, 1.807) is 6.07 Å². The summed E-state index contributed by atoms with van der Waals surface area (Å²) in [5.41, 5.74) is 1.44. The number of aryl methyl sites for hydroxylation is 1. The summed E-state index contributed by atoms with van der Waals surface area (Å²) in [6, 6.07) is 12.9. The molecule has 0 spiro atoms. The summed E-state index contributed by atoms with van der Waals surface area (Å²) in [5.74, 6) is -1.23. The number of hydrogen-bond acceptors (Lipinski definition) is 5. The van der Waals surface area contributed by atoms with E-state index in [1.165, 1.54) is 0 Å². The largest absolute Gasteiger partial charge is 0.494 e. The summed E-state index contributed by atoms with van der Waals surface area (Å²) in [5, 5.41) is 0. The number of halogens is 3. The Hall–Kier alpha value is -2.72. The zero-order valence-corrected chi connectivity index (χ0v) is 21.3. The molecule has 2 aliphatic rings. The van der Waals surface area contributed by atoms with Crippen LogP contribution in [0.4, 0.5) is 13.2 Å². The van der Waals surface area contributed by atoms with Gasteiger partial charge in [-0.3, -0.25) is 4.79 Å². The molecular formula is C26H31BF3NO5. The number of para-hydroxylation sites is 1. The third-order valence-corrected chi connectivity index (χ3v) is 7.18. The molecule has 1 amide bonds. The van der Waals surface area contributed by atoms with Crippen LogP contribution >= 0.6 is 0 Å². The van der Waals surface area contributed by atoms with Gasteiger partial charge in [-0.15, -0.1) is 0 Å². The van der Waals surface area contributed by atoms with E-state index in [2.05, 4.69) is 0 Å². The number of fused-ring (bicyclic) bond motifs is 1. The van der Waals surface area contributed by atoms with E-state index >= 15 is 0 Å². The fourth-order valence-electron chi connectivity index (χ4n) is 4.41. The smallest absolute Gasteiger partial charge is 0.493 e. The van der Waals surface area contributed by atoms with E-state index in [9.17, 15) is 18.0 Å². The van der Waals surface area contributed by atoms with Crippen LogP contribution in [-0.4, -0.2) is 55.5 Å². The van der Waals surface area contributed by atoms with E-state index in [1.807, 2.05) is 71.0 Å². The van der Waals surface area contributed by atoms with Crippen molar-refractivity contribution in [2.24, 2.45) is 5.92 Å². The van der Waals surface area contributed by atoms with Crippen molar-refractivity contribution in [3.05, 3.63) is 53.6 Å². The lowest BCUT2D eigenvalue weighted by Gasteiger charge is -2.36. The van der Waals surface area contributed by atoms with Crippen molar-refractivity contribution in [1.29, 1.82) is 0 Å². The quantitative estimate of drug-likeness (QED) is 0.563. The molecule has 194 valence electrons. The van der Waals surface area contributed by atoms with Crippen LogP contribution in [0.3, 0.4) is 0 Å². The topological polar surface area (TPSA) is 57.2 Å². The van der Waals surface area contributed by atoms with Crippen molar-refractivity contribution in [3.8, 4) is 11.5 Å². The number of carbonyl (C=O) groups excluding carboxylic acids is 1. The third-order valence-electron chi connectivity index (χ3n) is 7.18. The Labute approximate surface area is 209 Å². The molecule has 0 saturated carbocycles. The SMILES string of the molecule is Cc1cc(B2OC(C)(C)C(C)(C)O2)ccc1O[C@H]1c2ccccc2OC[C@H]1CN(C)C(=O)C(F)(F)F. The molecule has 4 rings (SSSR count). The van der Waals surface area contributed by atoms with Gasteiger partial charge in [-0.2, -0.15) is 13.2 Å². The van der Waals surface area contributed by atoms with E-state index < -0.39 is 42.4 Å². The Morgan fingerprint density at radius 1 is 1.11 bits per heavy atom. The minimum absolute atomic E-state index is 0.113. The van der Waals surface area contributed by atoms with Gasteiger partial charge in [0.2, 0.25) is 0 Å². The molecule has 0 N–H and O–H groups in total. The van der Waals surface area contributed by atoms with Crippen molar-refractivity contribution in [1.82, 2.24) is 4.90 Å². The molecule has 0 bridgehead atoms. The highest BCUT2D eigenvalue weighted by molar-refractivity contribution is 6.62. The Kier molecular flexibility index (Phi) is 6.81.